The van der Waals surface area contributed by atoms with Crippen molar-refractivity contribution in [3.63, 3.8) is 0 Å². The quantitative estimate of drug-likeness (QED) is 0.520. The van der Waals surface area contributed by atoms with Crippen molar-refractivity contribution in [2.24, 2.45) is 5.92 Å². The summed E-state index contributed by atoms with van der Waals surface area (Å²) in [6.45, 7) is 2.82. The number of hydrogen-bond acceptors (Lipinski definition) is 4. The average molecular weight is 417 g/mol. The van der Waals surface area contributed by atoms with Gasteiger partial charge in [-0.1, -0.05) is 30.3 Å². The Balaban J connectivity index is 1.22. The number of amides is 2. The molecule has 0 radical (unpaired) electrons. The highest BCUT2D eigenvalue weighted by molar-refractivity contribution is 7.09. The number of carbonyl (C=O) groups is 2. The van der Waals surface area contributed by atoms with Crippen LogP contribution in [0.25, 0.3) is 22.2 Å². The summed E-state index contributed by atoms with van der Waals surface area (Å²) in [6, 6.07) is 15.4. The Morgan fingerprint density at radius 2 is 2.00 bits per heavy atom. The first-order valence-electron chi connectivity index (χ1n) is 9.77. The van der Waals surface area contributed by atoms with E-state index in [-0.39, 0.29) is 17.7 Å². The van der Waals surface area contributed by atoms with Gasteiger partial charge in [-0.2, -0.15) is 0 Å². The number of benzene rings is 2. The molecule has 2 aromatic carbocycles. The summed E-state index contributed by atoms with van der Waals surface area (Å²) in [6.07, 6.45) is 1.74. The Morgan fingerprint density at radius 3 is 2.80 bits per heavy atom. The normalized spacial score (nSPS) is 14.0. The standard InChI is InChI=1S/C23H20N4O2S/c1-14-25-21(13-30-14)15-5-4-6-17(9-15)26-22(28)16-11-27(12-16)23(29)19-10-24-20-8-3-2-7-18(19)20/h2-10,13,16,24H,11-12H2,1H3,(H,26,28). The van der Waals surface area contributed by atoms with Crippen molar-refractivity contribution >= 4 is 39.7 Å². The molecular formula is C23H20N4O2S. The molecule has 1 aliphatic heterocycles. The Hall–Kier alpha value is -3.45. The fraction of sp³-hybridized carbons (Fsp3) is 0.174. The van der Waals surface area contributed by atoms with Gasteiger partial charge in [0.15, 0.2) is 0 Å². The molecule has 6 nitrogen and oxygen atoms in total. The smallest absolute Gasteiger partial charge is 0.256 e. The van der Waals surface area contributed by atoms with E-state index in [9.17, 15) is 9.59 Å². The van der Waals surface area contributed by atoms with Gasteiger partial charge in [-0.05, 0) is 25.1 Å². The predicted molar refractivity (Wildman–Crippen MR) is 119 cm³/mol. The van der Waals surface area contributed by atoms with Crippen LogP contribution in [0, 0.1) is 12.8 Å². The number of aromatic amines is 1. The van der Waals surface area contributed by atoms with Gasteiger partial charge in [0.25, 0.3) is 5.91 Å². The number of para-hydroxylation sites is 1. The van der Waals surface area contributed by atoms with Gasteiger partial charge in [-0.25, -0.2) is 4.98 Å². The van der Waals surface area contributed by atoms with E-state index in [0.29, 0.717) is 18.7 Å². The zero-order chi connectivity index (χ0) is 20.7. The zero-order valence-electron chi connectivity index (χ0n) is 16.4. The molecule has 2 aromatic heterocycles. The summed E-state index contributed by atoms with van der Waals surface area (Å²) >= 11 is 1.60. The SMILES string of the molecule is Cc1nc(-c2cccc(NC(=O)C3CN(C(=O)c4c[nH]c5ccccc45)C3)c2)cs1. The predicted octanol–water partition coefficient (Wildman–Crippen LogP) is 4.31. The van der Waals surface area contributed by atoms with Gasteiger partial charge in [0.2, 0.25) is 5.91 Å². The Labute approximate surface area is 177 Å². The third-order valence-corrected chi connectivity index (χ3v) is 6.18. The first-order valence-corrected chi connectivity index (χ1v) is 10.7. The Morgan fingerprint density at radius 1 is 1.17 bits per heavy atom. The fourth-order valence-electron chi connectivity index (χ4n) is 3.73. The van der Waals surface area contributed by atoms with Crippen LogP contribution in [0.15, 0.2) is 60.1 Å². The monoisotopic (exact) mass is 416 g/mol. The highest BCUT2D eigenvalue weighted by Gasteiger charge is 2.36. The van der Waals surface area contributed by atoms with Crippen molar-refractivity contribution in [1.82, 2.24) is 14.9 Å². The lowest BCUT2D eigenvalue weighted by Crippen LogP contribution is -2.54. The van der Waals surface area contributed by atoms with E-state index in [1.807, 2.05) is 60.8 Å². The van der Waals surface area contributed by atoms with Crippen LogP contribution in [0.4, 0.5) is 5.69 Å². The average Bonchev–Trinajstić information content (AvgIpc) is 3.33. The number of H-pyrrole nitrogens is 1. The molecule has 0 atom stereocenters. The second kappa shape index (κ2) is 7.42. The zero-order valence-corrected chi connectivity index (χ0v) is 17.2. The molecule has 1 aliphatic rings. The van der Waals surface area contributed by atoms with E-state index < -0.39 is 0 Å². The lowest BCUT2D eigenvalue weighted by Gasteiger charge is -2.38. The van der Waals surface area contributed by atoms with Crippen molar-refractivity contribution in [1.29, 1.82) is 0 Å². The molecule has 1 saturated heterocycles. The Kier molecular flexibility index (Phi) is 4.59. The number of rotatable bonds is 4. The number of anilines is 1. The number of hydrogen-bond donors (Lipinski definition) is 2. The molecule has 30 heavy (non-hydrogen) atoms. The largest absolute Gasteiger partial charge is 0.360 e. The second-order valence-electron chi connectivity index (χ2n) is 7.48. The van der Waals surface area contributed by atoms with Crippen LogP contribution in [0.5, 0.6) is 0 Å². The Bertz CT molecular complexity index is 1250. The van der Waals surface area contributed by atoms with E-state index in [4.69, 9.17) is 0 Å². The number of carbonyl (C=O) groups excluding carboxylic acids is 2. The number of likely N-dealkylation sites (tertiary alicyclic amines) is 1. The number of aryl methyl sites for hydroxylation is 1. The fourth-order valence-corrected chi connectivity index (χ4v) is 4.35. The summed E-state index contributed by atoms with van der Waals surface area (Å²) in [7, 11) is 0. The van der Waals surface area contributed by atoms with Gasteiger partial charge >= 0.3 is 0 Å². The third kappa shape index (κ3) is 3.37. The molecule has 0 bridgehead atoms. The lowest BCUT2D eigenvalue weighted by atomic mass is 9.97. The number of nitrogens with one attached hydrogen (secondary N) is 2. The second-order valence-corrected chi connectivity index (χ2v) is 8.54. The van der Waals surface area contributed by atoms with Crippen LogP contribution in [0.1, 0.15) is 15.4 Å². The van der Waals surface area contributed by atoms with Gasteiger partial charge in [-0.3, -0.25) is 9.59 Å². The van der Waals surface area contributed by atoms with Crippen molar-refractivity contribution in [3.05, 3.63) is 70.7 Å². The first kappa shape index (κ1) is 18.6. The van der Waals surface area contributed by atoms with Crippen molar-refractivity contribution in [2.75, 3.05) is 18.4 Å². The van der Waals surface area contributed by atoms with E-state index >= 15 is 0 Å². The van der Waals surface area contributed by atoms with Crippen LogP contribution in [0.3, 0.4) is 0 Å². The highest BCUT2D eigenvalue weighted by Crippen LogP contribution is 2.27. The number of aromatic nitrogens is 2. The molecule has 5 rings (SSSR count). The van der Waals surface area contributed by atoms with E-state index in [0.717, 1.165) is 32.9 Å². The van der Waals surface area contributed by atoms with E-state index in [1.54, 1.807) is 22.4 Å². The van der Waals surface area contributed by atoms with Crippen molar-refractivity contribution in [2.45, 2.75) is 6.92 Å². The van der Waals surface area contributed by atoms with Crippen LogP contribution < -0.4 is 5.32 Å². The number of thiazole rings is 1. The first-order chi connectivity index (χ1) is 14.6. The maximum atomic E-state index is 12.8. The summed E-state index contributed by atoms with van der Waals surface area (Å²) < 4.78 is 0. The molecule has 2 N–H and O–H groups in total. The summed E-state index contributed by atoms with van der Waals surface area (Å²) in [4.78, 5) is 34.8. The minimum atomic E-state index is -0.204. The van der Waals surface area contributed by atoms with Crippen LogP contribution in [0.2, 0.25) is 0 Å². The molecular weight excluding hydrogens is 396 g/mol. The van der Waals surface area contributed by atoms with E-state index in [2.05, 4.69) is 15.3 Å². The summed E-state index contributed by atoms with van der Waals surface area (Å²) in [5.41, 5.74) is 4.21. The maximum Gasteiger partial charge on any atom is 0.256 e. The van der Waals surface area contributed by atoms with Gasteiger partial charge in [0.05, 0.1) is 22.2 Å². The number of nitrogens with zero attached hydrogens (tertiary/aromatic N) is 2. The molecule has 2 amide bonds. The van der Waals surface area contributed by atoms with Gasteiger partial charge in [0, 0.05) is 46.8 Å². The molecule has 150 valence electrons. The van der Waals surface area contributed by atoms with Crippen LogP contribution in [-0.2, 0) is 4.79 Å². The maximum absolute atomic E-state index is 12.8. The lowest BCUT2D eigenvalue weighted by molar-refractivity contribution is -0.123. The van der Waals surface area contributed by atoms with Crippen LogP contribution in [-0.4, -0.2) is 39.8 Å². The van der Waals surface area contributed by atoms with Crippen molar-refractivity contribution < 1.29 is 9.59 Å². The molecule has 1 fully saturated rings. The van der Waals surface area contributed by atoms with Crippen molar-refractivity contribution in [3.8, 4) is 11.3 Å². The molecule has 0 unspecified atom stereocenters. The van der Waals surface area contributed by atoms with Gasteiger partial charge in [0.1, 0.15) is 0 Å². The number of fused-ring (bicyclic) bond motifs is 1. The van der Waals surface area contributed by atoms with Gasteiger partial charge in [-0.15, -0.1) is 11.3 Å². The summed E-state index contributed by atoms with van der Waals surface area (Å²) in [5, 5.41) is 6.90. The minimum absolute atomic E-state index is 0.0441. The highest BCUT2D eigenvalue weighted by atomic mass is 32.1. The van der Waals surface area contributed by atoms with Crippen LogP contribution >= 0.6 is 11.3 Å². The minimum Gasteiger partial charge on any atom is -0.360 e. The molecule has 4 aromatic rings. The van der Waals surface area contributed by atoms with Gasteiger partial charge < -0.3 is 15.2 Å². The third-order valence-electron chi connectivity index (χ3n) is 5.40. The molecule has 0 aliphatic carbocycles. The van der Waals surface area contributed by atoms with E-state index in [1.165, 1.54) is 0 Å². The topological polar surface area (TPSA) is 78.1 Å². The molecule has 0 saturated carbocycles. The molecule has 7 heteroatoms. The summed E-state index contributed by atoms with van der Waals surface area (Å²) in [5.74, 6) is -0.314. The molecule has 0 spiro atoms. The molecule has 3 heterocycles.